The number of hydrogen-bond donors (Lipinski definition) is 2. The maximum Gasteiger partial charge on any atom is 0.220 e. The molecule has 0 saturated heterocycles. The fourth-order valence-electron chi connectivity index (χ4n) is 2.26. The Labute approximate surface area is 110 Å². The van der Waals surface area contributed by atoms with Gasteiger partial charge in [0.2, 0.25) is 5.91 Å². The van der Waals surface area contributed by atoms with Gasteiger partial charge in [-0.15, -0.1) is 0 Å². The minimum atomic E-state index is 0.137. The van der Waals surface area contributed by atoms with Gasteiger partial charge in [-0.3, -0.25) is 4.79 Å². The molecule has 1 amide bonds. The Balaban J connectivity index is 2.17. The van der Waals surface area contributed by atoms with E-state index in [0.717, 1.165) is 18.7 Å². The van der Waals surface area contributed by atoms with Crippen LogP contribution in [0.4, 0.5) is 0 Å². The molecule has 0 aliphatic rings. The SMILES string of the molecule is CC(CC(=O)NCCc1ncc[nH]1)CC(C)(C)C. The summed E-state index contributed by atoms with van der Waals surface area (Å²) in [6, 6.07) is 0. The predicted molar refractivity (Wildman–Crippen MR) is 73.2 cm³/mol. The molecular formula is C14H25N3O. The van der Waals surface area contributed by atoms with Crippen molar-refractivity contribution in [2.45, 2.75) is 47.0 Å². The highest BCUT2D eigenvalue weighted by atomic mass is 16.1. The van der Waals surface area contributed by atoms with Crippen molar-refractivity contribution in [2.24, 2.45) is 11.3 Å². The first kappa shape index (κ1) is 14.7. The van der Waals surface area contributed by atoms with Crippen LogP contribution in [0.3, 0.4) is 0 Å². The number of imidazole rings is 1. The van der Waals surface area contributed by atoms with E-state index in [1.54, 1.807) is 12.4 Å². The summed E-state index contributed by atoms with van der Waals surface area (Å²) in [7, 11) is 0. The average molecular weight is 251 g/mol. The Hall–Kier alpha value is -1.32. The van der Waals surface area contributed by atoms with Crippen molar-refractivity contribution in [1.29, 1.82) is 0 Å². The standard InChI is InChI=1S/C14H25N3O/c1-11(10-14(2,3)4)9-13(18)17-6-5-12-15-7-8-16-12/h7-8,11H,5-6,9-10H2,1-4H3,(H,15,16)(H,17,18). The molecule has 0 radical (unpaired) electrons. The third-order valence-electron chi connectivity index (χ3n) is 2.73. The second-order valence-electron chi connectivity index (χ2n) is 6.21. The van der Waals surface area contributed by atoms with E-state index >= 15 is 0 Å². The predicted octanol–water partition coefficient (Wildman–Crippen LogP) is 2.53. The number of nitrogens with zero attached hydrogens (tertiary/aromatic N) is 1. The van der Waals surface area contributed by atoms with Gasteiger partial charge in [-0.05, 0) is 17.8 Å². The van der Waals surface area contributed by atoms with Gasteiger partial charge in [-0.1, -0.05) is 27.7 Å². The lowest BCUT2D eigenvalue weighted by Crippen LogP contribution is -2.28. The van der Waals surface area contributed by atoms with E-state index in [9.17, 15) is 4.79 Å². The lowest BCUT2D eigenvalue weighted by atomic mass is 9.84. The molecule has 18 heavy (non-hydrogen) atoms. The summed E-state index contributed by atoms with van der Waals surface area (Å²) in [5.74, 6) is 1.48. The van der Waals surface area contributed by atoms with Crippen molar-refractivity contribution < 1.29 is 4.79 Å². The maximum absolute atomic E-state index is 11.7. The molecular weight excluding hydrogens is 226 g/mol. The zero-order valence-electron chi connectivity index (χ0n) is 11.9. The quantitative estimate of drug-likeness (QED) is 0.816. The van der Waals surface area contributed by atoms with Gasteiger partial charge >= 0.3 is 0 Å². The van der Waals surface area contributed by atoms with Gasteiger partial charge in [0.15, 0.2) is 0 Å². The number of aromatic nitrogens is 2. The summed E-state index contributed by atoms with van der Waals surface area (Å²) < 4.78 is 0. The third-order valence-corrected chi connectivity index (χ3v) is 2.73. The molecule has 0 spiro atoms. The minimum Gasteiger partial charge on any atom is -0.356 e. The van der Waals surface area contributed by atoms with Crippen LogP contribution in [0.1, 0.15) is 46.4 Å². The number of carbonyl (C=O) groups is 1. The molecule has 1 unspecified atom stereocenters. The molecule has 0 aliphatic carbocycles. The lowest BCUT2D eigenvalue weighted by Gasteiger charge is -2.22. The molecule has 0 fully saturated rings. The molecule has 1 heterocycles. The normalized spacial score (nSPS) is 13.3. The van der Waals surface area contributed by atoms with E-state index in [-0.39, 0.29) is 11.3 Å². The molecule has 2 N–H and O–H groups in total. The van der Waals surface area contributed by atoms with Crippen LogP contribution >= 0.6 is 0 Å². The highest BCUT2D eigenvalue weighted by Gasteiger charge is 2.17. The van der Waals surface area contributed by atoms with Crippen molar-refractivity contribution >= 4 is 5.91 Å². The number of carbonyl (C=O) groups excluding carboxylic acids is 1. The Morgan fingerprint density at radius 2 is 2.22 bits per heavy atom. The van der Waals surface area contributed by atoms with Crippen LogP contribution < -0.4 is 5.32 Å². The zero-order valence-corrected chi connectivity index (χ0v) is 11.9. The van der Waals surface area contributed by atoms with Gasteiger partial charge in [0.25, 0.3) is 0 Å². The molecule has 0 aromatic carbocycles. The summed E-state index contributed by atoms with van der Waals surface area (Å²) in [4.78, 5) is 18.9. The van der Waals surface area contributed by atoms with Gasteiger partial charge in [-0.2, -0.15) is 0 Å². The van der Waals surface area contributed by atoms with Crippen LogP contribution in [0, 0.1) is 11.3 Å². The van der Waals surface area contributed by atoms with E-state index in [0.29, 0.717) is 18.9 Å². The summed E-state index contributed by atoms with van der Waals surface area (Å²) in [6.45, 7) is 9.40. The first-order valence-electron chi connectivity index (χ1n) is 6.62. The summed E-state index contributed by atoms with van der Waals surface area (Å²) in [5, 5.41) is 2.94. The minimum absolute atomic E-state index is 0.137. The molecule has 1 aromatic heterocycles. The lowest BCUT2D eigenvalue weighted by molar-refractivity contribution is -0.122. The summed E-state index contributed by atoms with van der Waals surface area (Å²) in [6.07, 6.45) is 5.95. The van der Waals surface area contributed by atoms with Crippen LogP contribution in [0.25, 0.3) is 0 Å². The summed E-state index contributed by atoms with van der Waals surface area (Å²) >= 11 is 0. The maximum atomic E-state index is 11.7. The van der Waals surface area contributed by atoms with Crippen LogP contribution in [0.2, 0.25) is 0 Å². The van der Waals surface area contributed by atoms with Gasteiger partial charge in [-0.25, -0.2) is 4.98 Å². The monoisotopic (exact) mass is 251 g/mol. The molecule has 0 aliphatic heterocycles. The van der Waals surface area contributed by atoms with Gasteiger partial charge in [0.05, 0.1) is 0 Å². The number of nitrogens with one attached hydrogen (secondary N) is 2. The van der Waals surface area contributed by atoms with Crippen LogP contribution in [-0.2, 0) is 11.2 Å². The van der Waals surface area contributed by atoms with E-state index in [2.05, 4.69) is 43.0 Å². The Kier molecular flexibility index (Phi) is 5.38. The van der Waals surface area contributed by atoms with Gasteiger partial charge < -0.3 is 10.3 Å². The molecule has 1 rings (SSSR count). The van der Waals surface area contributed by atoms with E-state index < -0.39 is 0 Å². The number of H-pyrrole nitrogens is 1. The Morgan fingerprint density at radius 3 is 2.78 bits per heavy atom. The number of amides is 1. The Morgan fingerprint density at radius 1 is 1.50 bits per heavy atom. The van der Waals surface area contributed by atoms with Crippen molar-refractivity contribution in [1.82, 2.24) is 15.3 Å². The second kappa shape index (κ2) is 6.57. The third kappa shape index (κ3) is 6.42. The van der Waals surface area contributed by atoms with Gasteiger partial charge in [0, 0.05) is 31.8 Å². The first-order chi connectivity index (χ1) is 8.37. The largest absolute Gasteiger partial charge is 0.356 e. The van der Waals surface area contributed by atoms with Crippen molar-refractivity contribution in [3.05, 3.63) is 18.2 Å². The summed E-state index contributed by atoms with van der Waals surface area (Å²) in [5.41, 5.74) is 0.286. The molecule has 4 nitrogen and oxygen atoms in total. The van der Waals surface area contributed by atoms with Crippen molar-refractivity contribution in [3.63, 3.8) is 0 Å². The van der Waals surface area contributed by atoms with Crippen molar-refractivity contribution in [3.8, 4) is 0 Å². The molecule has 1 atom stereocenters. The van der Waals surface area contributed by atoms with Gasteiger partial charge in [0.1, 0.15) is 5.82 Å². The van der Waals surface area contributed by atoms with E-state index in [1.807, 2.05) is 0 Å². The van der Waals surface area contributed by atoms with Crippen LogP contribution in [0.15, 0.2) is 12.4 Å². The van der Waals surface area contributed by atoms with Crippen molar-refractivity contribution in [2.75, 3.05) is 6.54 Å². The Bertz CT molecular complexity index is 352. The molecule has 1 aromatic rings. The molecule has 102 valence electrons. The topological polar surface area (TPSA) is 57.8 Å². The molecule has 4 heteroatoms. The molecule has 0 bridgehead atoms. The fourth-order valence-corrected chi connectivity index (χ4v) is 2.26. The van der Waals surface area contributed by atoms with Crippen LogP contribution in [-0.4, -0.2) is 22.4 Å². The first-order valence-corrected chi connectivity index (χ1v) is 6.62. The second-order valence-corrected chi connectivity index (χ2v) is 6.21. The van der Waals surface area contributed by atoms with E-state index in [1.165, 1.54) is 0 Å². The fraction of sp³-hybridized carbons (Fsp3) is 0.714. The molecule has 0 saturated carbocycles. The number of aromatic amines is 1. The number of rotatable bonds is 6. The highest BCUT2D eigenvalue weighted by molar-refractivity contribution is 5.76. The number of hydrogen-bond acceptors (Lipinski definition) is 2. The van der Waals surface area contributed by atoms with Crippen LogP contribution in [0.5, 0.6) is 0 Å². The van der Waals surface area contributed by atoms with E-state index in [4.69, 9.17) is 0 Å². The smallest absolute Gasteiger partial charge is 0.220 e. The highest BCUT2D eigenvalue weighted by Crippen LogP contribution is 2.25. The zero-order chi connectivity index (χ0) is 13.6. The average Bonchev–Trinajstić information content (AvgIpc) is 2.66.